The first-order chi connectivity index (χ1) is 15.5. The van der Waals surface area contributed by atoms with E-state index in [9.17, 15) is 14.0 Å². The summed E-state index contributed by atoms with van der Waals surface area (Å²) in [6.45, 7) is 0. The average Bonchev–Trinajstić information content (AvgIpc) is 3.22. The van der Waals surface area contributed by atoms with Crippen molar-refractivity contribution >= 4 is 34.2 Å². The van der Waals surface area contributed by atoms with Crippen molar-refractivity contribution in [2.75, 3.05) is 11.9 Å². The van der Waals surface area contributed by atoms with Crippen molar-refractivity contribution in [2.24, 2.45) is 4.99 Å². The van der Waals surface area contributed by atoms with Crippen molar-refractivity contribution in [3.63, 3.8) is 0 Å². The van der Waals surface area contributed by atoms with E-state index in [-0.39, 0.29) is 17.0 Å². The van der Waals surface area contributed by atoms with Gasteiger partial charge in [0.25, 0.3) is 11.8 Å². The van der Waals surface area contributed by atoms with Crippen molar-refractivity contribution in [1.29, 1.82) is 0 Å². The number of aromatic nitrogens is 3. The molecule has 0 bridgehead atoms. The molecule has 1 unspecified atom stereocenters. The lowest BCUT2D eigenvalue weighted by molar-refractivity contribution is -0.119. The molecule has 0 saturated carbocycles. The molecule has 4 aromatic rings. The minimum Gasteiger partial charge on any atom is -0.335 e. The molecule has 8 nitrogen and oxygen atoms in total. The molecule has 9 heteroatoms. The average molecular weight is 428 g/mol. The number of carbonyl (C=O) groups is 2. The molecule has 1 aliphatic heterocycles. The topological polar surface area (TPSA) is 103 Å². The predicted octanol–water partition coefficient (Wildman–Crippen LogP) is 2.67. The third-order valence-electron chi connectivity index (χ3n) is 5.28. The Kier molecular flexibility index (Phi) is 4.70. The smallest absolute Gasteiger partial charge is 0.272 e. The van der Waals surface area contributed by atoms with Gasteiger partial charge in [-0.1, -0.05) is 30.3 Å². The molecule has 2 amide bonds. The molecule has 2 N–H and O–H groups in total. The monoisotopic (exact) mass is 428 g/mol. The van der Waals surface area contributed by atoms with Gasteiger partial charge in [0.15, 0.2) is 0 Å². The molecule has 0 spiro atoms. The van der Waals surface area contributed by atoms with Crippen LogP contribution in [0, 0.1) is 5.82 Å². The summed E-state index contributed by atoms with van der Waals surface area (Å²) in [7, 11) is 1.60. The summed E-state index contributed by atoms with van der Waals surface area (Å²) in [5, 5.41) is 3.31. The molecule has 32 heavy (non-hydrogen) atoms. The minimum absolute atomic E-state index is 0.209. The van der Waals surface area contributed by atoms with Gasteiger partial charge < -0.3 is 15.2 Å². The second-order valence-electron chi connectivity index (χ2n) is 7.26. The predicted molar refractivity (Wildman–Crippen MR) is 117 cm³/mol. The Morgan fingerprint density at radius 3 is 2.66 bits per heavy atom. The summed E-state index contributed by atoms with van der Waals surface area (Å²) >= 11 is 0. The standard InChI is InChI=1S/C23H17FN6O2/c1-30-18-9-5-3-7-15(18)19(14-6-2-4-8-16(14)24)28-21(23(30)32)29-22(31)17-10-13-11-25-12-26-20(13)27-17/h2-12,21H,1H3,(H,29,31)(H,25,26,27). The van der Waals surface area contributed by atoms with Gasteiger partial charge in [-0.2, -0.15) is 0 Å². The number of benzene rings is 2. The lowest BCUT2D eigenvalue weighted by atomic mass is 10.00. The second-order valence-corrected chi connectivity index (χ2v) is 7.26. The molecule has 0 saturated heterocycles. The van der Waals surface area contributed by atoms with Gasteiger partial charge in [0, 0.05) is 29.8 Å². The number of halogens is 1. The fraction of sp³-hybridized carbons (Fsp3) is 0.0870. The molecule has 2 aromatic carbocycles. The number of aliphatic imine (C=N–C) groups is 1. The fourth-order valence-corrected chi connectivity index (χ4v) is 3.68. The molecular weight excluding hydrogens is 411 g/mol. The number of hydrogen-bond donors (Lipinski definition) is 2. The summed E-state index contributed by atoms with van der Waals surface area (Å²) < 4.78 is 14.7. The van der Waals surface area contributed by atoms with Crippen molar-refractivity contribution < 1.29 is 14.0 Å². The highest BCUT2D eigenvalue weighted by Crippen LogP contribution is 2.28. The van der Waals surface area contributed by atoms with Crippen LogP contribution in [-0.2, 0) is 4.79 Å². The lowest BCUT2D eigenvalue weighted by Crippen LogP contribution is -2.46. The van der Waals surface area contributed by atoms with Crippen LogP contribution in [0.3, 0.4) is 0 Å². The normalized spacial score (nSPS) is 15.8. The van der Waals surface area contributed by atoms with Crippen LogP contribution >= 0.6 is 0 Å². The third-order valence-corrected chi connectivity index (χ3v) is 5.28. The fourth-order valence-electron chi connectivity index (χ4n) is 3.68. The number of amides is 2. The summed E-state index contributed by atoms with van der Waals surface area (Å²) in [5.41, 5.74) is 2.38. The van der Waals surface area contributed by atoms with Gasteiger partial charge in [-0.05, 0) is 24.3 Å². The molecule has 1 aliphatic rings. The molecule has 3 heterocycles. The van der Waals surface area contributed by atoms with E-state index in [0.29, 0.717) is 22.3 Å². The zero-order chi connectivity index (χ0) is 22.2. The molecule has 0 aliphatic carbocycles. The zero-order valence-electron chi connectivity index (χ0n) is 16.9. The van der Waals surface area contributed by atoms with E-state index in [1.807, 2.05) is 0 Å². The number of likely N-dealkylation sites (N-methyl/N-ethyl adjacent to an activating group) is 1. The maximum absolute atomic E-state index is 14.7. The molecule has 1 atom stereocenters. The van der Waals surface area contributed by atoms with Crippen LogP contribution in [0.5, 0.6) is 0 Å². The summed E-state index contributed by atoms with van der Waals surface area (Å²) in [5.74, 6) is -1.47. The number of fused-ring (bicyclic) bond motifs is 2. The third kappa shape index (κ3) is 3.29. The van der Waals surface area contributed by atoms with E-state index in [1.165, 1.54) is 17.3 Å². The first kappa shape index (κ1) is 19.6. The second kappa shape index (κ2) is 7.69. The Bertz CT molecular complexity index is 1360. The van der Waals surface area contributed by atoms with Crippen LogP contribution in [0.4, 0.5) is 10.1 Å². The highest BCUT2D eigenvalue weighted by Gasteiger charge is 2.32. The molecule has 2 aromatic heterocycles. The van der Waals surface area contributed by atoms with E-state index >= 15 is 0 Å². The first-order valence-electron chi connectivity index (χ1n) is 9.82. The van der Waals surface area contributed by atoms with Gasteiger partial charge in [0.05, 0.1) is 11.4 Å². The quantitative estimate of drug-likeness (QED) is 0.524. The van der Waals surface area contributed by atoms with Crippen LogP contribution in [0.15, 0.2) is 72.1 Å². The SMILES string of the molecule is CN1C(=O)C(NC(=O)c2cc3cncnc3[nH]2)N=C(c2ccccc2F)c2ccccc21. The van der Waals surface area contributed by atoms with E-state index in [1.54, 1.807) is 61.8 Å². The number of nitrogens with one attached hydrogen (secondary N) is 2. The maximum Gasteiger partial charge on any atom is 0.272 e. The van der Waals surface area contributed by atoms with E-state index in [4.69, 9.17) is 0 Å². The summed E-state index contributed by atoms with van der Waals surface area (Å²) in [4.78, 5) is 42.9. The number of aromatic amines is 1. The van der Waals surface area contributed by atoms with Crippen molar-refractivity contribution in [3.05, 3.63) is 89.8 Å². The molecule has 0 fully saturated rings. The van der Waals surface area contributed by atoms with Crippen LogP contribution in [0.1, 0.15) is 21.6 Å². The Morgan fingerprint density at radius 1 is 1.12 bits per heavy atom. The Morgan fingerprint density at radius 2 is 1.88 bits per heavy atom. The largest absolute Gasteiger partial charge is 0.335 e. The van der Waals surface area contributed by atoms with Crippen molar-refractivity contribution in [1.82, 2.24) is 20.3 Å². The van der Waals surface area contributed by atoms with Gasteiger partial charge in [0.2, 0.25) is 6.17 Å². The van der Waals surface area contributed by atoms with Crippen LogP contribution in [0.2, 0.25) is 0 Å². The van der Waals surface area contributed by atoms with Gasteiger partial charge in [0.1, 0.15) is 23.5 Å². The Hall–Kier alpha value is -4.40. The van der Waals surface area contributed by atoms with Crippen LogP contribution < -0.4 is 10.2 Å². The molecule has 158 valence electrons. The number of para-hydroxylation sites is 1. The molecule has 5 rings (SSSR count). The van der Waals surface area contributed by atoms with E-state index in [0.717, 1.165) is 0 Å². The number of anilines is 1. The summed E-state index contributed by atoms with van der Waals surface area (Å²) in [6, 6.07) is 14.9. The molecule has 0 radical (unpaired) electrons. The Balaban J connectivity index is 1.58. The zero-order valence-corrected chi connectivity index (χ0v) is 16.9. The number of hydrogen-bond acceptors (Lipinski definition) is 5. The summed E-state index contributed by atoms with van der Waals surface area (Å²) in [6.07, 6.45) is 1.68. The van der Waals surface area contributed by atoms with Gasteiger partial charge in [-0.3, -0.25) is 9.59 Å². The molecular formula is C23H17FN6O2. The number of rotatable bonds is 3. The van der Waals surface area contributed by atoms with Crippen molar-refractivity contribution in [2.45, 2.75) is 6.17 Å². The number of carbonyl (C=O) groups excluding carboxylic acids is 2. The maximum atomic E-state index is 14.7. The van der Waals surface area contributed by atoms with Gasteiger partial charge in [-0.25, -0.2) is 19.4 Å². The van der Waals surface area contributed by atoms with E-state index < -0.39 is 23.8 Å². The first-order valence-corrected chi connectivity index (χ1v) is 9.82. The van der Waals surface area contributed by atoms with Gasteiger partial charge in [-0.15, -0.1) is 0 Å². The van der Waals surface area contributed by atoms with E-state index in [2.05, 4.69) is 25.3 Å². The number of benzodiazepines with no additional fused rings is 1. The Labute approximate surface area is 181 Å². The van der Waals surface area contributed by atoms with Gasteiger partial charge >= 0.3 is 0 Å². The number of nitrogens with zero attached hydrogens (tertiary/aromatic N) is 4. The minimum atomic E-state index is -1.26. The van der Waals surface area contributed by atoms with Crippen LogP contribution in [-0.4, -0.2) is 45.7 Å². The van der Waals surface area contributed by atoms with Crippen LogP contribution in [0.25, 0.3) is 11.0 Å². The highest BCUT2D eigenvalue weighted by molar-refractivity contribution is 6.20. The lowest BCUT2D eigenvalue weighted by Gasteiger charge is -2.20. The highest BCUT2D eigenvalue weighted by atomic mass is 19.1. The number of H-pyrrole nitrogens is 1. The van der Waals surface area contributed by atoms with Crippen molar-refractivity contribution in [3.8, 4) is 0 Å².